The molecule has 7 heteroatoms. The number of aryl methyl sites for hydroxylation is 1. The fourth-order valence-corrected chi connectivity index (χ4v) is 2.57. The minimum atomic E-state index is -0.585. The van der Waals surface area contributed by atoms with Gasteiger partial charge in [0.25, 0.3) is 11.5 Å². The number of carbonyl (C=O) groups excluding carboxylic acids is 1. The first kappa shape index (κ1) is 15.4. The maximum atomic E-state index is 13.9. The van der Waals surface area contributed by atoms with Crippen LogP contribution in [-0.2, 0) is 7.05 Å². The van der Waals surface area contributed by atoms with Gasteiger partial charge in [0.2, 0.25) is 0 Å². The van der Waals surface area contributed by atoms with Crippen LogP contribution in [0.15, 0.2) is 51.7 Å². The van der Waals surface area contributed by atoms with E-state index in [9.17, 15) is 14.0 Å². The number of nitrogens with zero attached hydrogens (tertiary/aromatic N) is 2. The lowest BCUT2D eigenvalue weighted by atomic mass is 10.1. The number of hydrogen-bond acceptors (Lipinski definition) is 3. The van der Waals surface area contributed by atoms with Crippen molar-refractivity contribution >= 4 is 38.3 Å². The van der Waals surface area contributed by atoms with Gasteiger partial charge in [-0.3, -0.25) is 9.59 Å². The predicted octanol–water partition coefficient (Wildman–Crippen LogP) is 3.09. The van der Waals surface area contributed by atoms with Gasteiger partial charge in [0.15, 0.2) is 5.69 Å². The van der Waals surface area contributed by atoms with Crippen LogP contribution >= 0.6 is 15.9 Å². The van der Waals surface area contributed by atoms with Gasteiger partial charge < -0.3 is 5.32 Å². The van der Waals surface area contributed by atoms with Crippen LogP contribution in [0.25, 0.3) is 10.8 Å². The maximum Gasteiger partial charge on any atom is 0.276 e. The number of halogens is 2. The number of amides is 1. The predicted molar refractivity (Wildman–Crippen MR) is 89.0 cm³/mol. The summed E-state index contributed by atoms with van der Waals surface area (Å²) in [5.41, 5.74) is -0.199. The molecule has 0 bridgehead atoms. The van der Waals surface area contributed by atoms with Gasteiger partial charge in [0, 0.05) is 16.9 Å². The molecule has 1 N–H and O–H groups in total. The molecule has 0 spiro atoms. The molecule has 1 heterocycles. The summed E-state index contributed by atoms with van der Waals surface area (Å²) in [4.78, 5) is 24.5. The molecule has 0 radical (unpaired) electrons. The number of anilines is 1. The second kappa shape index (κ2) is 5.92. The fraction of sp³-hybridized carbons (Fsp3) is 0.0625. The summed E-state index contributed by atoms with van der Waals surface area (Å²) in [5.74, 6) is -1.15. The van der Waals surface area contributed by atoms with Crippen molar-refractivity contribution in [1.82, 2.24) is 9.78 Å². The molecule has 2 aromatic carbocycles. The molecule has 3 rings (SSSR count). The molecule has 23 heavy (non-hydrogen) atoms. The molecule has 0 aliphatic heterocycles. The highest BCUT2D eigenvalue weighted by atomic mass is 79.9. The van der Waals surface area contributed by atoms with E-state index in [1.165, 1.54) is 19.2 Å². The Morgan fingerprint density at radius 3 is 2.61 bits per heavy atom. The number of nitrogens with one attached hydrogen (secondary N) is 1. The molecule has 116 valence electrons. The normalized spacial score (nSPS) is 10.7. The lowest BCUT2D eigenvalue weighted by Gasteiger charge is -2.09. The van der Waals surface area contributed by atoms with Crippen LogP contribution < -0.4 is 10.9 Å². The summed E-state index contributed by atoms with van der Waals surface area (Å²) in [6.07, 6.45) is 0. The van der Waals surface area contributed by atoms with E-state index in [1.807, 2.05) is 0 Å². The number of aromatic nitrogens is 2. The van der Waals surface area contributed by atoms with Crippen molar-refractivity contribution in [3.8, 4) is 0 Å². The number of fused-ring (bicyclic) bond motifs is 1. The molecule has 0 aliphatic carbocycles. The van der Waals surface area contributed by atoms with Gasteiger partial charge in [-0.15, -0.1) is 0 Å². The molecule has 0 atom stereocenters. The third-order valence-electron chi connectivity index (χ3n) is 3.35. The van der Waals surface area contributed by atoms with E-state index in [4.69, 9.17) is 0 Å². The molecular weight excluding hydrogens is 365 g/mol. The first-order valence-corrected chi connectivity index (χ1v) is 7.49. The smallest absolute Gasteiger partial charge is 0.276 e. The third kappa shape index (κ3) is 2.87. The second-order valence-corrected chi connectivity index (χ2v) is 5.82. The topological polar surface area (TPSA) is 64.0 Å². The number of hydrogen-bond donors (Lipinski definition) is 1. The number of benzene rings is 2. The molecule has 0 aliphatic rings. The number of carbonyl (C=O) groups is 1. The van der Waals surface area contributed by atoms with Crippen LogP contribution in [0.1, 0.15) is 10.5 Å². The average molecular weight is 376 g/mol. The zero-order chi connectivity index (χ0) is 16.6. The first-order chi connectivity index (χ1) is 11.0. The average Bonchev–Trinajstić information content (AvgIpc) is 2.53. The quantitative estimate of drug-likeness (QED) is 0.748. The van der Waals surface area contributed by atoms with Crippen molar-refractivity contribution in [1.29, 1.82) is 0 Å². The molecule has 0 saturated heterocycles. The Balaban J connectivity index is 2.08. The molecular formula is C16H11BrFN3O2. The Morgan fingerprint density at radius 1 is 1.22 bits per heavy atom. The summed E-state index contributed by atoms with van der Waals surface area (Å²) >= 11 is 3.15. The van der Waals surface area contributed by atoms with Crippen LogP contribution in [0.2, 0.25) is 0 Å². The zero-order valence-electron chi connectivity index (χ0n) is 12.0. The van der Waals surface area contributed by atoms with Crippen molar-refractivity contribution in [3.05, 3.63) is 68.8 Å². The van der Waals surface area contributed by atoms with Crippen molar-refractivity contribution in [2.45, 2.75) is 0 Å². The monoisotopic (exact) mass is 375 g/mol. The summed E-state index contributed by atoms with van der Waals surface area (Å²) in [7, 11) is 1.46. The Labute approximate surface area is 138 Å². The van der Waals surface area contributed by atoms with Crippen LogP contribution in [-0.4, -0.2) is 15.7 Å². The Hall–Kier alpha value is -2.54. The Kier molecular flexibility index (Phi) is 3.96. The van der Waals surface area contributed by atoms with Gasteiger partial charge in [-0.1, -0.05) is 34.1 Å². The van der Waals surface area contributed by atoms with Gasteiger partial charge >= 0.3 is 0 Å². The first-order valence-electron chi connectivity index (χ1n) is 6.70. The second-order valence-electron chi connectivity index (χ2n) is 4.90. The van der Waals surface area contributed by atoms with E-state index in [0.29, 0.717) is 15.2 Å². The van der Waals surface area contributed by atoms with Gasteiger partial charge in [-0.25, -0.2) is 9.07 Å². The van der Waals surface area contributed by atoms with Crippen molar-refractivity contribution in [3.63, 3.8) is 0 Å². The highest BCUT2D eigenvalue weighted by Gasteiger charge is 2.17. The highest BCUT2D eigenvalue weighted by molar-refractivity contribution is 9.10. The zero-order valence-corrected chi connectivity index (χ0v) is 13.6. The van der Waals surface area contributed by atoms with Crippen LogP contribution in [0, 0.1) is 5.82 Å². The molecule has 1 aromatic heterocycles. The largest absolute Gasteiger partial charge is 0.318 e. The Morgan fingerprint density at radius 2 is 1.91 bits per heavy atom. The molecule has 5 nitrogen and oxygen atoms in total. The molecule has 0 saturated carbocycles. The molecule has 3 aromatic rings. The van der Waals surface area contributed by atoms with Crippen LogP contribution in [0.5, 0.6) is 0 Å². The minimum Gasteiger partial charge on any atom is -0.318 e. The summed E-state index contributed by atoms with van der Waals surface area (Å²) in [5, 5.41) is 7.29. The molecule has 1 amide bonds. The van der Waals surface area contributed by atoms with E-state index in [2.05, 4.69) is 26.3 Å². The van der Waals surface area contributed by atoms with Gasteiger partial charge in [0.05, 0.1) is 11.1 Å². The van der Waals surface area contributed by atoms with Gasteiger partial charge in [-0.2, -0.15) is 5.10 Å². The molecule has 0 fully saturated rings. The van der Waals surface area contributed by atoms with E-state index >= 15 is 0 Å². The van der Waals surface area contributed by atoms with Gasteiger partial charge in [0.1, 0.15) is 5.82 Å². The minimum absolute atomic E-state index is 0.0398. The Bertz CT molecular complexity index is 985. The molecule has 0 unspecified atom stereocenters. The lowest BCUT2D eigenvalue weighted by molar-refractivity contribution is 0.102. The van der Waals surface area contributed by atoms with Gasteiger partial charge in [-0.05, 0) is 24.3 Å². The van der Waals surface area contributed by atoms with Crippen molar-refractivity contribution in [2.75, 3.05) is 5.32 Å². The lowest BCUT2D eigenvalue weighted by Crippen LogP contribution is -2.25. The van der Waals surface area contributed by atoms with Crippen LogP contribution in [0.4, 0.5) is 10.1 Å². The van der Waals surface area contributed by atoms with Crippen molar-refractivity contribution < 1.29 is 9.18 Å². The standard InChI is InChI=1S/C16H11BrFN3O2/c1-21-16(23)11-5-3-2-4-10(11)14(20-21)15(22)19-13-7-6-9(17)8-12(13)18/h2-8H,1H3,(H,19,22). The highest BCUT2D eigenvalue weighted by Crippen LogP contribution is 2.21. The summed E-state index contributed by atoms with van der Waals surface area (Å²) in [6, 6.07) is 11.0. The summed E-state index contributed by atoms with van der Waals surface area (Å²) < 4.78 is 15.5. The third-order valence-corrected chi connectivity index (χ3v) is 3.84. The van der Waals surface area contributed by atoms with E-state index in [0.717, 1.165) is 4.68 Å². The fourth-order valence-electron chi connectivity index (χ4n) is 2.24. The maximum absolute atomic E-state index is 13.9. The van der Waals surface area contributed by atoms with Crippen LogP contribution in [0.3, 0.4) is 0 Å². The van der Waals surface area contributed by atoms with E-state index in [1.54, 1.807) is 30.3 Å². The summed E-state index contributed by atoms with van der Waals surface area (Å²) in [6.45, 7) is 0. The van der Waals surface area contributed by atoms with E-state index in [-0.39, 0.29) is 16.9 Å². The SMILES string of the molecule is Cn1nc(C(=O)Nc2ccc(Br)cc2F)c2ccccc2c1=O. The van der Waals surface area contributed by atoms with Crippen molar-refractivity contribution in [2.24, 2.45) is 7.05 Å². The van der Waals surface area contributed by atoms with E-state index < -0.39 is 11.7 Å². The number of rotatable bonds is 2.